The first kappa shape index (κ1) is 23.8. The highest BCUT2D eigenvalue weighted by Crippen LogP contribution is 2.28. The van der Waals surface area contributed by atoms with Crippen molar-refractivity contribution in [3.63, 3.8) is 0 Å². The van der Waals surface area contributed by atoms with Crippen LogP contribution in [0.2, 0.25) is 0 Å². The summed E-state index contributed by atoms with van der Waals surface area (Å²) in [6, 6.07) is 21.9. The summed E-state index contributed by atoms with van der Waals surface area (Å²) in [6.45, 7) is 4.43. The molecule has 1 heterocycles. The number of methoxy groups -OCH3 is 1. The quantitative estimate of drug-likeness (QED) is 0.562. The van der Waals surface area contributed by atoms with Gasteiger partial charge < -0.3 is 14.5 Å². The predicted molar refractivity (Wildman–Crippen MR) is 133 cm³/mol. The zero-order valence-electron chi connectivity index (χ0n) is 19.4. The van der Waals surface area contributed by atoms with Crippen LogP contribution < -0.4 is 14.4 Å². The number of hydrogen-bond donors (Lipinski definition) is 1. The Balaban J connectivity index is 1.46. The van der Waals surface area contributed by atoms with E-state index in [9.17, 15) is 13.2 Å². The summed E-state index contributed by atoms with van der Waals surface area (Å²) in [7, 11) is -2.11. The second kappa shape index (κ2) is 10.3. The van der Waals surface area contributed by atoms with E-state index < -0.39 is 10.0 Å². The van der Waals surface area contributed by atoms with Crippen molar-refractivity contribution in [2.45, 2.75) is 18.4 Å². The number of aryl methyl sites for hydroxylation is 1. The van der Waals surface area contributed by atoms with Gasteiger partial charge in [-0.25, -0.2) is 13.1 Å². The molecule has 0 bridgehead atoms. The van der Waals surface area contributed by atoms with Crippen LogP contribution in [0.15, 0.2) is 77.7 Å². The number of benzene rings is 3. The third-order valence-electron chi connectivity index (χ3n) is 6.05. The molecule has 0 atom stereocenters. The van der Waals surface area contributed by atoms with Crippen LogP contribution >= 0.6 is 0 Å². The Bertz CT molecular complexity index is 1250. The van der Waals surface area contributed by atoms with Crippen molar-refractivity contribution in [3.8, 4) is 5.75 Å². The number of hydrogen-bond acceptors (Lipinski definition) is 5. The molecule has 1 aliphatic rings. The lowest BCUT2D eigenvalue weighted by Crippen LogP contribution is -2.49. The first-order valence-electron chi connectivity index (χ1n) is 11.2. The fraction of sp³-hybridized carbons (Fsp3) is 0.269. The van der Waals surface area contributed by atoms with Gasteiger partial charge in [-0.05, 0) is 42.3 Å². The SMILES string of the molecule is COc1ccccc1N1CCN(C(=O)c2cc(S(=O)(=O)NCc3ccccc3)ccc2C)CC1. The van der Waals surface area contributed by atoms with Crippen LogP contribution in [0.25, 0.3) is 0 Å². The molecule has 1 N–H and O–H groups in total. The topological polar surface area (TPSA) is 79.0 Å². The van der Waals surface area contributed by atoms with Gasteiger partial charge in [-0.3, -0.25) is 4.79 Å². The van der Waals surface area contributed by atoms with Crippen molar-refractivity contribution in [1.82, 2.24) is 9.62 Å². The second-order valence-corrected chi connectivity index (χ2v) is 10.0. The van der Waals surface area contributed by atoms with E-state index in [1.165, 1.54) is 6.07 Å². The maximum atomic E-state index is 13.3. The molecular formula is C26H29N3O4S. The van der Waals surface area contributed by atoms with Gasteiger partial charge in [-0.2, -0.15) is 0 Å². The normalized spacial score (nSPS) is 14.2. The van der Waals surface area contributed by atoms with Crippen molar-refractivity contribution in [1.29, 1.82) is 0 Å². The highest BCUT2D eigenvalue weighted by molar-refractivity contribution is 7.89. The minimum Gasteiger partial charge on any atom is -0.495 e. The summed E-state index contributed by atoms with van der Waals surface area (Å²) < 4.78 is 33.8. The number of anilines is 1. The molecule has 1 aliphatic heterocycles. The average molecular weight is 480 g/mol. The molecule has 0 aliphatic carbocycles. The third-order valence-corrected chi connectivity index (χ3v) is 7.45. The van der Waals surface area contributed by atoms with Gasteiger partial charge in [0.2, 0.25) is 10.0 Å². The van der Waals surface area contributed by atoms with Crippen LogP contribution in [0.4, 0.5) is 5.69 Å². The molecule has 0 radical (unpaired) electrons. The standard InChI is InChI=1S/C26H29N3O4S/c1-20-12-13-22(34(31,32)27-19-21-8-4-3-5-9-21)18-23(20)26(30)29-16-14-28(15-17-29)24-10-6-7-11-25(24)33-2/h3-13,18,27H,14-17,19H2,1-2H3. The minimum absolute atomic E-state index is 0.0880. The van der Waals surface area contributed by atoms with Crippen LogP contribution in [-0.4, -0.2) is 52.5 Å². The monoisotopic (exact) mass is 479 g/mol. The molecule has 3 aromatic carbocycles. The number of nitrogens with one attached hydrogen (secondary N) is 1. The lowest BCUT2D eigenvalue weighted by atomic mass is 10.1. The number of nitrogens with zero attached hydrogens (tertiary/aromatic N) is 2. The summed E-state index contributed by atoms with van der Waals surface area (Å²) in [6.07, 6.45) is 0. The summed E-state index contributed by atoms with van der Waals surface area (Å²) in [5.74, 6) is 0.649. The highest BCUT2D eigenvalue weighted by Gasteiger charge is 2.26. The van der Waals surface area contributed by atoms with Gasteiger partial charge in [-0.15, -0.1) is 0 Å². The fourth-order valence-corrected chi connectivity index (χ4v) is 5.11. The molecular weight excluding hydrogens is 450 g/mol. The second-order valence-electron chi connectivity index (χ2n) is 8.24. The van der Waals surface area contributed by atoms with E-state index in [0.717, 1.165) is 22.6 Å². The summed E-state index contributed by atoms with van der Waals surface area (Å²) >= 11 is 0. The Kier molecular flexibility index (Phi) is 7.19. The average Bonchev–Trinajstić information content (AvgIpc) is 2.88. The first-order valence-corrected chi connectivity index (χ1v) is 12.7. The summed E-state index contributed by atoms with van der Waals surface area (Å²) in [4.78, 5) is 17.4. The largest absolute Gasteiger partial charge is 0.495 e. The van der Waals surface area contributed by atoms with E-state index in [1.807, 2.05) is 61.5 Å². The van der Waals surface area contributed by atoms with Gasteiger partial charge in [-0.1, -0.05) is 48.5 Å². The Morgan fingerprint density at radius 3 is 2.32 bits per heavy atom. The molecule has 178 valence electrons. The summed E-state index contributed by atoms with van der Waals surface area (Å²) in [5.41, 5.74) is 3.03. The molecule has 8 heteroatoms. The number of sulfonamides is 1. The maximum Gasteiger partial charge on any atom is 0.254 e. The Morgan fingerprint density at radius 2 is 1.62 bits per heavy atom. The van der Waals surface area contributed by atoms with E-state index in [4.69, 9.17) is 4.74 Å². The third kappa shape index (κ3) is 5.24. The van der Waals surface area contributed by atoms with Crippen molar-refractivity contribution < 1.29 is 17.9 Å². The maximum absolute atomic E-state index is 13.3. The van der Waals surface area contributed by atoms with E-state index in [-0.39, 0.29) is 17.3 Å². The molecule has 4 rings (SSSR count). The van der Waals surface area contributed by atoms with Crippen LogP contribution in [0.1, 0.15) is 21.5 Å². The van der Waals surface area contributed by atoms with Gasteiger partial charge in [0.25, 0.3) is 5.91 Å². The molecule has 0 aromatic heterocycles. The predicted octanol–water partition coefficient (Wildman–Crippen LogP) is 3.44. The lowest BCUT2D eigenvalue weighted by Gasteiger charge is -2.36. The highest BCUT2D eigenvalue weighted by atomic mass is 32.2. The van der Waals surface area contributed by atoms with Crippen molar-refractivity contribution >= 4 is 21.6 Å². The molecule has 34 heavy (non-hydrogen) atoms. The van der Waals surface area contributed by atoms with Crippen molar-refractivity contribution in [3.05, 3.63) is 89.5 Å². The number of rotatable bonds is 7. The molecule has 3 aromatic rings. The number of piperazine rings is 1. The van der Waals surface area contributed by atoms with Gasteiger partial charge in [0.1, 0.15) is 5.75 Å². The number of para-hydroxylation sites is 2. The van der Waals surface area contributed by atoms with Gasteiger partial charge >= 0.3 is 0 Å². The number of carbonyl (C=O) groups excluding carboxylic acids is 1. The van der Waals surface area contributed by atoms with Gasteiger partial charge in [0.05, 0.1) is 17.7 Å². The number of amides is 1. The smallest absolute Gasteiger partial charge is 0.254 e. The van der Waals surface area contributed by atoms with Crippen molar-refractivity contribution in [2.24, 2.45) is 0 Å². The first-order chi connectivity index (χ1) is 16.4. The lowest BCUT2D eigenvalue weighted by molar-refractivity contribution is 0.0745. The Hall–Kier alpha value is -3.36. The van der Waals surface area contributed by atoms with Gasteiger partial charge in [0.15, 0.2) is 0 Å². The number of carbonyl (C=O) groups is 1. The van der Waals surface area contributed by atoms with E-state index in [0.29, 0.717) is 31.7 Å². The molecule has 7 nitrogen and oxygen atoms in total. The van der Waals surface area contributed by atoms with E-state index >= 15 is 0 Å². The van der Waals surface area contributed by atoms with E-state index in [2.05, 4.69) is 9.62 Å². The molecule has 0 saturated carbocycles. The van der Waals surface area contributed by atoms with Crippen LogP contribution in [0, 0.1) is 6.92 Å². The van der Waals surface area contributed by atoms with Crippen molar-refractivity contribution in [2.75, 3.05) is 38.2 Å². The van der Waals surface area contributed by atoms with Crippen LogP contribution in [0.5, 0.6) is 5.75 Å². The zero-order chi connectivity index (χ0) is 24.1. The minimum atomic E-state index is -3.76. The van der Waals surface area contributed by atoms with Crippen LogP contribution in [0.3, 0.4) is 0 Å². The molecule has 1 saturated heterocycles. The Morgan fingerprint density at radius 1 is 0.941 bits per heavy atom. The fourth-order valence-electron chi connectivity index (χ4n) is 4.07. The number of ether oxygens (including phenoxy) is 1. The van der Waals surface area contributed by atoms with E-state index in [1.54, 1.807) is 24.1 Å². The molecule has 1 amide bonds. The van der Waals surface area contributed by atoms with Crippen LogP contribution in [-0.2, 0) is 16.6 Å². The summed E-state index contributed by atoms with van der Waals surface area (Å²) in [5, 5.41) is 0. The zero-order valence-corrected chi connectivity index (χ0v) is 20.2. The molecule has 1 fully saturated rings. The molecule has 0 unspecified atom stereocenters. The molecule has 0 spiro atoms. The Labute approximate surface area is 201 Å². The van der Waals surface area contributed by atoms with Gasteiger partial charge in [0, 0.05) is 38.3 Å².